The van der Waals surface area contributed by atoms with Crippen LogP contribution in [0, 0.1) is 0 Å². The van der Waals surface area contributed by atoms with Gasteiger partial charge in [-0.1, -0.05) is 25.1 Å². The van der Waals surface area contributed by atoms with Crippen LogP contribution < -0.4 is 4.90 Å². The van der Waals surface area contributed by atoms with Gasteiger partial charge in [-0.05, 0) is 49.6 Å². The number of rotatable bonds is 2. The number of nitrogens with one attached hydrogen (secondary N) is 1. The van der Waals surface area contributed by atoms with E-state index in [2.05, 4.69) is 9.97 Å². The van der Waals surface area contributed by atoms with Crippen LogP contribution in [0.5, 0.6) is 0 Å². The smallest absolute Gasteiger partial charge is 0.362 e. The zero-order chi connectivity index (χ0) is 28.2. The standard InChI is InChI=1S/C30H26F5N5/c1-4-16-6-5-7-18-23-25(31)29(3,32)26-20(10-12-36-26)28(23,2)27-19-15-39(13-11-21(19)38-40(27)24(16)18)22-9-8-17(14-37-22)30(33,34)35/h5-10,12,14,36H,4,11,13,15H2,1-3H3. The van der Waals surface area contributed by atoms with Crippen LogP contribution in [-0.2, 0) is 36.6 Å². The third-order valence-electron chi connectivity index (χ3n) is 8.78. The van der Waals surface area contributed by atoms with Gasteiger partial charge in [0.05, 0.1) is 33.7 Å². The summed E-state index contributed by atoms with van der Waals surface area (Å²) in [6.45, 7) is 6.00. The highest BCUT2D eigenvalue weighted by molar-refractivity contribution is 5.90. The minimum absolute atomic E-state index is 0.171. The van der Waals surface area contributed by atoms with Crippen molar-refractivity contribution in [3.63, 3.8) is 0 Å². The average Bonchev–Trinajstić information content (AvgIpc) is 3.58. The molecule has 0 fully saturated rings. The van der Waals surface area contributed by atoms with Gasteiger partial charge in [0.15, 0.2) is 5.67 Å². The molecule has 2 atom stereocenters. The molecular formula is C30H26F5N5. The van der Waals surface area contributed by atoms with E-state index in [0.29, 0.717) is 42.9 Å². The van der Waals surface area contributed by atoms with Crippen molar-refractivity contribution in [3.05, 3.63) is 99.5 Å². The summed E-state index contributed by atoms with van der Waals surface area (Å²) in [4.78, 5) is 8.97. The molecule has 7 rings (SSSR count). The van der Waals surface area contributed by atoms with Gasteiger partial charge in [0.25, 0.3) is 0 Å². The van der Waals surface area contributed by atoms with Crippen molar-refractivity contribution in [2.75, 3.05) is 11.4 Å². The van der Waals surface area contributed by atoms with Gasteiger partial charge in [-0.25, -0.2) is 18.4 Å². The number of anilines is 1. The third-order valence-corrected chi connectivity index (χ3v) is 8.78. The fourth-order valence-electron chi connectivity index (χ4n) is 6.82. The van der Waals surface area contributed by atoms with Gasteiger partial charge in [0, 0.05) is 48.6 Å². The summed E-state index contributed by atoms with van der Waals surface area (Å²) >= 11 is 0. The Morgan fingerprint density at radius 1 is 1.10 bits per heavy atom. The van der Waals surface area contributed by atoms with Crippen LogP contribution in [0.25, 0.3) is 11.3 Å². The molecule has 1 N–H and O–H groups in total. The second-order valence-electron chi connectivity index (χ2n) is 11.0. The third kappa shape index (κ3) is 3.13. The van der Waals surface area contributed by atoms with Gasteiger partial charge < -0.3 is 9.88 Å². The highest BCUT2D eigenvalue weighted by Crippen LogP contribution is 2.60. The molecular weight excluding hydrogens is 525 g/mol. The van der Waals surface area contributed by atoms with Crippen LogP contribution in [0.2, 0.25) is 0 Å². The minimum Gasteiger partial charge on any atom is -0.362 e. The Bertz CT molecular complexity index is 1710. The summed E-state index contributed by atoms with van der Waals surface area (Å²) in [5, 5.41) is 5.04. The number of allylic oxidation sites excluding steroid dienone is 2. The van der Waals surface area contributed by atoms with Crippen molar-refractivity contribution in [3.8, 4) is 5.69 Å². The number of alkyl halides is 4. The lowest BCUT2D eigenvalue weighted by Crippen LogP contribution is -2.42. The SMILES string of the molecule is CCc1cccc2c1-n1nc3c(c1C1(C)C2=C(F)C(C)(F)c2[nH]ccc21)CN(c1ccc(C(F)(F)F)cn1)CC3. The molecule has 10 heteroatoms. The van der Waals surface area contributed by atoms with Crippen LogP contribution >= 0.6 is 0 Å². The zero-order valence-corrected chi connectivity index (χ0v) is 22.1. The van der Waals surface area contributed by atoms with Crippen LogP contribution in [0.15, 0.2) is 54.6 Å². The van der Waals surface area contributed by atoms with Crippen molar-refractivity contribution < 1.29 is 22.0 Å². The number of aromatic nitrogens is 4. The molecule has 0 saturated heterocycles. The lowest BCUT2D eigenvalue weighted by Gasteiger charge is -2.45. The monoisotopic (exact) mass is 551 g/mol. The Labute approximate surface area is 227 Å². The quantitative estimate of drug-likeness (QED) is 0.275. The first-order valence-electron chi connectivity index (χ1n) is 13.3. The predicted molar refractivity (Wildman–Crippen MR) is 141 cm³/mol. The number of aryl methyl sites for hydroxylation is 1. The summed E-state index contributed by atoms with van der Waals surface area (Å²) in [5.74, 6) is -0.420. The number of hydrogen-bond donors (Lipinski definition) is 1. The Hall–Kier alpha value is -3.95. The average molecular weight is 552 g/mol. The van der Waals surface area contributed by atoms with E-state index in [1.807, 2.05) is 41.6 Å². The van der Waals surface area contributed by atoms with Gasteiger partial charge in [0.1, 0.15) is 11.6 Å². The number of H-pyrrole nitrogens is 1. The highest BCUT2D eigenvalue weighted by atomic mass is 19.4. The number of fused-ring (bicyclic) bond motifs is 10. The molecule has 5 nitrogen and oxygen atoms in total. The Morgan fingerprint density at radius 2 is 1.90 bits per heavy atom. The minimum atomic E-state index is -4.47. The van der Waals surface area contributed by atoms with Crippen LogP contribution in [0.3, 0.4) is 0 Å². The van der Waals surface area contributed by atoms with Crippen molar-refractivity contribution in [1.82, 2.24) is 19.7 Å². The maximum atomic E-state index is 16.5. The molecule has 3 aliphatic rings. The maximum Gasteiger partial charge on any atom is 0.417 e. The number of hydrogen-bond acceptors (Lipinski definition) is 3. The zero-order valence-electron chi connectivity index (χ0n) is 22.1. The molecule has 0 radical (unpaired) electrons. The largest absolute Gasteiger partial charge is 0.417 e. The van der Waals surface area contributed by atoms with Crippen LogP contribution in [-0.4, -0.2) is 26.3 Å². The Balaban J connectivity index is 1.47. The van der Waals surface area contributed by atoms with E-state index in [-0.39, 0.29) is 11.3 Å². The number of halogens is 5. The number of aromatic amines is 1. The lowest BCUT2D eigenvalue weighted by molar-refractivity contribution is -0.137. The van der Waals surface area contributed by atoms with E-state index in [0.717, 1.165) is 40.5 Å². The maximum absolute atomic E-state index is 16.5. The summed E-state index contributed by atoms with van der Waals surface area (Å²) in [6.07, 6.45) is -0.803. The molecule has 3 aromatic heterocycles. The van der Waals surface area contributed by atoms with Gasteiger partial charge in [0.2, 0.25) is 0 Å². The van der Waals surface area contributed by atoms with E-state index in [9.17, 15) is 13.2 Å². The Kier molecular flexibility index (Phi) is 5.04. The molecule has 5 heterocycles. The fourth-order valence-corrected chi connectivity index (χ4v) is 6.82. The summed E-state index contributed by atoms with van der Waals surface area (Å²) in [6, 6.07) is 9.88. The first-order chi connectivity index (χ1) is 19.0. The molecule has 4 aromatic rings. The number of para-hydroxylation sites is 1. The van der Waals surface area contributed by atoms with Crippen molar-refractivity contribution in [2.24, 2.45) is 0 Å². The second kappa shape index (κ2) is 8.05. The number of benzene rings is 1. The predicted octanol–water partition coefficient (Wildman–Crippen LogP) is 6.94. The first-order valence-corrected chi connectivity index (χ1v) is 13.3. The fraction of sp³-hybridized carbons (Fsp3) is 0.333. The molecule has 206 valence electrons. The van der Waals surface area contributed by atoms with E-state index in [1.54, 1.807) is 12.3 Å². The summed E-state index contributed by atoms with van der Waals surface area (Å²) in [7, 11) is 0. The number of pyridine rings is 1. The van der Waals surface area contributed by atoms with E-state index < -0.39 is 28.7 Å². The normalized spacial score (nSPS) is 23.4. The van der Waals surface area contributed by atoms with Crippen LogP contribution in [0.4, 0.5) is 27.8 Å². The van der Waals surface area contributed by atoms with Crippen molar-refractivity contribution in [2.45, 2.75) is 57.4 Å². The van der Waals surface area contributed by atoms with Gasteiger partial charge in [-0.2, -0.15) is 18.3 Å². The van der Waals surface area contributed by atoms with Crippen molar-refractivity contribution >= 4 is 11.4 Å². The van der Waals surface area contributed by atoms with Gasteiger partial charge in [-0.3, -0.25) is 0 Å². The molecule has 2 unspecified atom stereocenters. The summed E-state index contributed by atoms with van der Waals surface area (Å²) < 4.78 is 74.0. The molecule has 40 heavy (non-hydrogen) atoms. The molecule has 1 aliphatic carbocycles. The van der Waals surface area contributed by atoms with E-state index in [4.69, 9.17) is 5.10 Å². The first kappa shape index (κ1) is 25.0. The molecule has 1 aromatic carbocycles. The van der Waals surface area contributed by atoms with Crippen LogP contribution in [0.1, 0.15) is 65.7 Å². The van der Waals surface area contributed by atoms with E-state index in [1.165, 1.54) is 13.0 Å². The second-order valence-corrected chi connectivity index (χ2v) is 11.0. The van der Waals surface area contributed by atoms with Crippen molar-refractivity contribution in [1.29, 1.82) is 0 Å². The molecule has 0 spiro atoms. The topological polar surface area (TPSA) is 49.7 Å². The van der Waals surface area contributed by atoms with Gasteiger partial charge >= 0.3 is 6.18 Å². The summed E-state index contributed by atoms with van der Waals surface area (Å²) in [5.41, 5.74) is 1.62. The Morgan fingerprint density at radius 3 is 2.60 bits per heavy atom. The lowest BCUT2D eigenvalue weighted by atomic mass is 9.62. The van der Waals surface area contributed by atoms with E-state index >= 15 is 8.78 Å². The molecule has 0 amide bonds. The van der Waals surface area contributed by atoms with Gasteiger partial charge in [-0.15, -0.1) is 0 Å². The number of nitrogens with zero attached hydrogens (tertiary/aromatic N) is 4. The molecule has 0 bridgehead atoms. The highest BCUT2D eigenvalue weighted by Gasteiger charge is 2.56. The molecule has 2 aliphatic heterocycles. The molecule has 0 saturated carbocycles.